The molecular formula is C14H12N3. The van der Waals surface area contributed by atoms with Crippen LogP contribution in [0.25, 0.3) is 11.0 Å². The van der Waals surface area contributed by atoms with Crippen LogP contribution in [0.5, 0.6) is 0 Å². The van der Waals surface area contributed by atoms with E-state index in [1.54, 1.807) is 0 Å². The fraction of sp³-hybridized carbons (Fsp3) is 0.0714. The second-order valence-corrected chi connectivity index (χ2v) is 3.95. The molecule has 0 saturated heterocycles. The van der Waals surface area contributed by atoms with Gasteiger partial charge in [-0.15, -0.1) is 0 Å². The molecule has 1 radical (unpaired) electrons. The molecule has 17 heavy (non-hydrogen) atoms. The van der Waals surface area contributed by atoms with Crippen LogP contribution in [0.15, 0.2) is 48.5 Å². The van der Waals surface area contributed by atoms with E-state index in [0.717, 1.165) is 17.6 Å². The lowest BCUT2D eigenvalue weighted by atomic mass is 10.2. The van der Waals surface area contributed by atoms with Crippen LogP contribution in [0.2, 0.25) is 0 Å². The average Bonchev–Trinajstić information content (AvgIpc) is 2.68. The number of imidazole rings is 1. The van der Waals surface area contributed by atoms with Crippen molar-refractivity contribution in [1.82, 2.24) is 9.55 Å². The second-order valence-electron chi connectivity index (χ2n) is 3.95. The molecule has 0 saturated carbocycles. The monoisotopic (exact) mass is 222 g/mol. The Hall–Kier alpha value is -2.29. The number of para-hydroxylation sites is 2. The topological polar surface area (TPSA) is 43.8 Å². The van der Waals surface area contributed by atoms with Gasteiger partial charge in [-0.2, -0.15) is 0 Å². The van der Waals surface area contributed by atoms with E-state index in [-0.39, 0.29) is 0 Å². The minimum Gasteiger partial charge on any atom is -0.369 e. The number of nitrogens with two attached hydrogens (primary N) is 1. The minimum atomic E-state index is 0.555. The summed E-state index contributed by atoms with van der Waals surface area (Å²) in [5.41, 5.74) is 9.14. The van der Waals surface area contributed by atoms with Gasteiger partial charge in [0, 0.05) is 0 Å². The number of hydrogen-bond donors (Lipinski definition) is 1. The lowest BCUT2D eigenvalue weighted by Gasteiger charge is -2.06. The van der Waals surface area contributed by atoms with Gasteiger partial charge >= 0.3 is 0 Å². The molecule has 0 aliphatic rings. The minimum absolute atomic E-state index is 0.555. The predicted molar refractivity (Wildman–Crippen MR) is 68.5 cm³/mol. The van der Waals surface area contributed by atoms with Crippen molar-refractivity contribution >= 4 is 17.0 Å². The van der Waals surface area contributed by atoms with Gasteiger partial charge in [0.2, 0.25) is 5.95 Å². The molecule has 3 rings (SSSR count). The third-order valence-corrected chi connectivity index (χ3v) is 2.81. The summed E-state index contributed by atoms with van der Waals surface area (Å²) in [6, 6.07) is 18.9. The Labute approximate surface area is 99.5 Å². The maximum atomic E-state index is 5.95. The van der Waals surface area contributed by atoms with Crippen molar-refractivity contribution in [3.05, 3.63) is 60.2 Å². The number of aromatic nitrogens is 2. The van der Waals surface area contributed by atoms with E-state index in [1.807, 2.05) is 53.1 Å². The van der Waals surface area contributed by atoms with Crippen molar-refractivity contribution in [2.24, 2.45) is 0 Å². The molecule has 0 amide bonds. The lowest BCUT2D eigenvalue weighted by molar-refractivity contribution is 0.838. The first-order valence-corrected chi connectivity index (χ1v) is 5.50. The molecule has 0 atom stereocenters. The number of fused-ring (bicyclic) bond motifs is 1. The van der Waals surface area contributed by atoms with Crippen LogP contribution in [0.4, 0.5) is 5.95 Å². The Morgan fingerprint density at radius 1 is 1.12 bits per heavy atom. The van der Waals surface area contributed by atoms with E-state index in [4.69, 9.17) is 5.73 Å². The molecule has 1 aromatic heterocycles. The van der Waals surface area contributed by atoms with Gasteiger partial charge in [-0.1, -0.05) is 36.4 Å². The standard InChI is InChI=1S/C14H12N3/c15-14-16-12-8-4-5-9-13(12)17(14)10-11-6-2-1-3-7-11/h2-9H,10H2,(H2,15,16). The molecule has 2 aromatic carbocycles. The zero-order valence-electron chi connectivity index (χ0n) is 9.30. The Kier molecular flexibility index (Phi) is 2.29. The summed E-state index contributed by atoms with van der Waals surface area (Å²) in [5, 5.41) is 0. The molecule has 0 aliphatic carbocycles. The average molecular weight is 222 g/mol. The highest BCUT2D eigenvalue weighted by Gasteiger charge is 2.07. The normalized spacial score (nSPS) is 10.8. The van der Waals surface area contributed by atoms with E-state index in [1.165, 1.54) is 5.56 Å². The van der Waals surface area contributed by atoms with E-state index in [9.17, 15) is 0 Å². The van der Waals surface area contributed by atoms with Gasteiger partial charge in [0.1, 0.15) is 0 Å². The number of benzene rings is 2. The largest absolute Gasteiger partial charge is 0.369 e. The highest BCUT2D eigenvalue weighted by molar-refractivity contribution is 5.78. The van der Waals surface area contributed by atoms with Gasteiger partial charge in [-0.25, -0.2) is 4.98 Å². The van der Waals surface area contributed by atoms with Crippen molar-refractivity contribution in [2.45, 2.75) is 6.54 Å². The van der Waals surface area contributed by atoms with Crippen molar-refractivity contribution in [3.8, 4) is 0 Å². The van der Waals surface area contributed by atoms with Crippen LogP contribution in [0, 0.1) is 6.07 Å². The van der Waals surface area contributed by atoms with Crippen molar-refractivity contribution < 1.29 is 0 Å². The third kappa shape index (κ3) is 1.76. The third-order valence-electron chi connectivity index (χ3n) is 2.81. The number of anilines is 1. The molecule has 2 N–H and O–H groups in total. The molecular weight excluding hydrogens is 210 g/mol. The smallest absolute Gasteiger partial charge is 0.201 e. The van der Waals surface area contributed by atoms with E-state index in [0.29, 0.717) is 5.95 Å². The number of rotatable bonds is 2. The van der Waals surface area contributed by atoms with E-state index in [2.05, 4.69) is 11.1 Å². The summed E-state index contributed by atoms with van der Waals surface area (Å²) >= 11 is 0. The van der Waals surface area contributed by atoms with Gasteiger partial charge in [0.25, 0.3) is 0 Å². The van der Waals surface area contributed by atoms with E-state index < -0.39 is 0 Å². The van der Waals surface area contributed by atoms with Crippen LogP contribution in [0.3, 0.4) is 0 Å². The second kappa shape index (κ2) is 3.94. The van der Waals surface area contributed by atoms with Gasteiger partial charge in [0.05, 0.1) is 17.6 Å². The Balaban J connectivity index is 2.08. The van der Waals surface area contributed by atoms with Gasteiger partial charge in [-0.3, -0.25) is 0 Å². The number of nitrogens with zero attached hydrogens (tertiary/aromatic N) is 2. The van der Waals surface area contributed by atoms with Crippen LogP contribution >= 0.6 is 0 Å². The molecule has 0 fully saturated rings. The van der Waals surface area contributed by atoms with Gasteiger partial charge in [-0.05, 0) is 23.8 Å². The Bertz CT molecular complexity index is 641. The van der Waals surface area contributed by atoms with Crippen molar-refractivity contribution in [2.75, 3.05) is 5.73 Å². The SMILES string of the molecule is Nc1nc2ccccc2n1Cc1cc[c]cc1. The zero-order valence-corrected chi connectivity index (χ0v) is 9.30. The maximum Gasteiger partial charge on any atom is 0.201 e. The first kappa shape index (κ1) is 9.90. The molecule has 1 heterocycles. The fourth-order valence-corrected chi connectivity index (χ4v) is 1.97. The number of nitrogen functional groups attached to an aromatic ring is 1. The first-order chi connectivity index (χ1) is 8.34. The first-order valence-electron chi connectivity index (χ1n) is 5.50. The van der Waals surface area contributed by atoms with Gasteiger partial charge in [0.15, 0.2) is 0 Å². The molecule has 3 aromatic rings. The number of hydrogen-bond acceptors (Lipinski definition) is 2. The van der Waals surface area contributed by atoms with Crippen LogP contribution in [-0.2, 0) is 6.54 Å². The quantitative estimate of drug-likeness (QED) is 0.723. The Morgan fingerprint density at radius 3 is 2.71 bits per heavy atom. The van der Waals surface area contributed by atoms with Crippen LogP contribution in [0.1, 0.15) is 5.56 Å². The molecule has 3 heteroatoms. The highest BCUT2D eigenvalue weighted by Crippen LogP contribution is 2.18. The molecule has 3 nitrogen and oxygen atoms in total. The summed E-state index contributed by atoms with van der Waals surface area (Å²) < 4.78 is 2.02. The van der Waals surface area contributed by atoms with Crippen molar-refractivity contribution in [1.29, 1.82) is 0 Å². The summed E-state index contributed by atoms with van der Waals surface area (Å²) in [5.74, 6) is 0.555. The molecule has 0 unspecified atom stereocenters. The van der Waals surface area contributed by atoms with Gasteiger partial charge < -0.3 is 10.3 Å². The molecule has 83 valence electrons. The van der Waals surface area contributed by atoms with Crippen molar-refractivity contribution in [3.63, 3.8) is 0 Å². The summed E-state index contributed by atoms with van der Waals surface area (Å²) in [7, 11) is 0. The summed E-state index contributed by atoms with van der Waals surface area (Å²) in [6.45, 7) is 0.737. The Morgan fingerprint density at radius 2 is 1.88 bits per heavy atom. The highest BCUT2D eigenvalue weighted by atomic mass is 15.1. The fourth-order valence-electron chi connectivity index (χ4n) is 1.97. The maximum absolute atomic E-state index is 5.95. The van der Waals surface area contributed by atoms with Crippen LogP contribution < -0.4 is 5.73 Å². The summed E-state index contributed by atoms with van der Waals surface area (Å²) in [6.07, 6.45) is 0. The summed E-state index contributed by atoms with van der Waals surface area (Å²) in [4.78, 5) is 4.34. The molecule has 0 aliphatic heterocycles. The van der Waals surface area contributed by atoms with Crippen LogP contribution in [-0.4, -0.2) is 9.55 Å². The predicted octanol–water partition coefficient (Wildman–Crippen LogP) is 2.47. The van der Waals surface area contributed by atoms with E-state index >= 15 is 0 Å². The molecule has 0 spiro atoms. The zero-order chi connectivity index (χ0) is 11.7. The lowest BCUT2D eigenvalue weighted by Crippen LogP contribution is -2.04. The molecule has 0 bridgehead atoms.